The number of rotatable bonds is 2. The number of carbonyl (C=O) groups excluding carboxylic acids is 1. The van der Waals surface area contributed by atoms with Crippen LogP contribution in [0.15, 0.2) is 30.6 Å². The number of anilines is 3. The molecular weight excluding hydrogens is 426 g/mol. The third-order valence-electron chi connectivity index (χ3n) is 6.71. The smallest absolute Gasteiger partial charge is 0.356 e. The van der Waals surface area contributed by atoms with E-state index in [0.29, 0.717) is 24.6 Å². The predicted molar refractivity (Wildman–Crippen MR) is 111 cm³/mol. The minimum atomic E-state index is -4.24. The number of nitrogens with zero attached hydrogens (tertiary/aromatic N) is 4. The van der Waals surface area contributed by atoms with E-state index in [1.807, 2.05) is 6.07 Å². The summed E-state index contributed by atoms with van der Waals surface area (Å²) in [5, 5.41) is 2.69. The van der Waals surface area contributed by atoms with Gasteiger partial charge in [0.15, 0.2) is 0 Å². The van der Waals surface area contributed by atoms with E-state index in [2.05, 4.69) is 15.3 Å². The first-order chi connectivity index (χ1) is 15.3. The van der Waals surface area contributed by atoms with Crippen LogP contribution in [0.2, 0.25) is 0 Å². The van der Waals surface area contributed by atoms with Crippen LogP contribution in [0.5, 0.6) is 0 Å². The number of piperidine rings is 1. The average molecular weight is 449 g/mol. The largest absolute Gasteiger partial charge is 0.393 e. The normalized spacial score (nSPS) is 24.9. The van der Waals surface area contributed by atoms with Crippen molar-refractivity contribution in [1.82, 2.24) is 9.97 Å². The van der Waals surface area contributed by atoms with Crippen LogP contribution in [0.4, 0.5) is 39.7 Å². The highest BCUT2D eigenvalue weighted by Crippen LogP contribution is 2.49. The molecule has 0 spiro atoms. The van der Waals surface area contributed by atoms with E-state index < -0.39 is 23.9 Å². The Morgan fingerprint density at radius 1 is 1.12 bits per heavy atom. The molecule has 0 bridgehead atoms. The minimum absolute atomic E-state index is 0.0708. The second-order valence-electron chi connectivity index (χ2n) is 8.71. The molecule has 2 fully saturated rings. The lowest BCUT2D eigenvalue weighted by Gasteiger charge is -2.35. The zero-order valence-corrected chi connectivity index (χ0v) is 17.3. The third kappa shape index (κ3) is 3.75. The summed E-state index contributed by atoms with van der Waals surface area (Å²) in [4.78, 5) is 24.8. The van der Waals surface area contributed by atoms with E-state index in [4.69, 9.17) is 0 Å². The summed E-state index contributed by atoms with van der Waals surface area (Å²) in [5.41, 5.74) is 1.17. The third-order valence-corrected chi connectivity index (χ3v) is 6.71. The lowest BCUT2D eigenvalue weighted by molar-refractivity contribution is -0.176. The van der Waals surface area contributed by atoms with Crippen molar-refractivity contribution in [3.63, 3.8) is 0 Å². The maximum Gasteiger partial charge on any atom is 0.393 e. The molecule has 6 nitrogen and oxygen atoms in total. The van der Waals surface area contributed by atoms with E-state index in [-0.39, 0.29) is 30.6 Å². The van der Waals surface area contributed by atoms with Gasteiger partial charge in [-0.1, -0.05) is 12.5 Å². The Hall–Kier alpha value is -2.91. The molecule has 4 heterocycles. The number of halogens is 4. The molecular formula is C22H23F4N5O. The maximum absolute atomic E-state index is 13.5. The van der Waals surface area contributed by atoms with Crippen LogP contribution in [0.25, 0.3) is 0 Å². The number of aromatic nitrogens is 2. The van der Waals surface area contributed by atoms with Crippen LogP contribution in [-0.2, 0) is 0 Å². The molecule has 170 valence electrons. The molecule has 3 unspecified atom stereocenters. The molecule has 3 atom stereocenters. The number of fused-ring (bicyclic) bond motifs is 3. The fourth-order valence-electron chi connectivity index (χ4n) is 5.24. The molecule has 1 N–H and O–H groups in total. The summed E-state index contributed by atoms with van der Waals surface area (Å²) >= 11 is 0. The molecule has 10 heteroatoms. The summed E-state index contributed by atoms with van der Waals surface area (Å²) in [7, 11) is 0. The predicted octanol–water partition coefficient (Wildman–Crippen LogP) is 5.08. The molecule has 0 aromatic carbocycles. The lowest BCUT2D eigenvalue weighted by atomic mass is 9.97. The van der Waals surface area contributed by atoms with Crippen LogP contribution in [-0.4, -0.2) is 41.3 Å². The number of pyridine rings is 2. The second kappa shape index (κ2) is 7.90. The molecule has 1 saturated carbocycles. The van der Waals surface area contributed by atoms with Gasteiger partial charge < -0.3 is 10.2 Å². The Kier molecular flexibility index (Phi) is 5.17. The van der Waals surface area contributed by atoms with Gasteiger partial charge >= 0.3 is 12.2 Å². The van der Waals surface area contributed by atoms with Gasteiger partial charge in [0.1, 0.15) is 17.5 Å². The first kappa shape index (κ1) is 21.0. The lowest BCUT2D eigenvalue weighted by Crippen LogP contribution is -2.43. The summed E-state index contributed by atoms with van der Waals surface area (Å²) in [5.74, 6) is -0.873. The van der Waals surface area contributed by atoms with E-state index >= 15 is 0 Å². The Bertz CT molecular complexity index is 1030. The maximum atomic E-state index is 13.5. The zero-order chi connectivity index (χ0) is 22.5. The van der Waals surface area contributed by atoms with Gasteiger partial charge in [-0.3, -0.25) is 9.88 Å². The summed E-state index contributed by atoms with van der Waals surface area (Å²) < 4.78 is 53.3. The highest BCUT2D eigenvalue weighted by molar-refractivity contribution is 6.03. The molecule has 1 aliphatic carbocycles. The second-order valence-corrected chi connectivity index (χ2v) is 8.71. The Labute approximate surface area is 182 Å². The SMILES string of the molecule is O=C(Nc1cncc(F)c1)N1c2nc(N3CCCC(C(F)(F)F)C3)ccc2C2CCCC21. The van der Waals surface area contributed by atoms with Gasteiger partial charge in [-0.2, -0.15) is 13.2 Å². The Morgan fingerprint density at radius 2 is 1.97 bits per heavy atom. The summed E-state index contributed by atoms with van der Waals surface area (Å²) in [6.45, 7) is 0.357. The quantitative estimate of drug-likeness (QED) is 0.650. The van der Waals surface area contributed by atoms with Crippen molar-refractivity contribution < 1.29 is 22.4 Å². The van der Waals surface area contributed by atoms with Gasteiger partial charge in [-0.25, -0.2) is 14.2 Å². The van der Waals surface area contributed by atoms with Crippen LogP contribution in [0, 0.1) is 11.7 Å². The fraction of sp³-hybridized carbons (Fsp3) is 0.500. The van der Waals surface area contributed by atoms with Crippen LogP contribution < -0.4 is 15.1 Å². The number of alkyl halides is 3. The highest BCUT2D eigenvalue weighted by atomic mass is 19.4. The Balaban J connectivity index is 1.44. The van der Waals surface area contributed by atoms with E-state index in [1.165, 1.54) is 12.3 Å². The molecule has 3 aliphatic rings. The standard InChI is InChI=1S/C22H23F4N5O/c23-14-9-15(11-27-10-14)28-21(32)31-18-5-1-4-16(18)17-6-7-19(29-20(17)31)30-8-2-3-13(12-30)22(24,25)26/h6-7,9-11,13,16,18H,1-5,8,12H2,(H,28,32). The minimum Gasteiger partial charge on any atom is -0.356 e. The van der Waals surface area contributed by atoms with Gasteiger partial charge in [0.2, 0.25) is 0 Å². The number of nitrogens with one attached hydrogen (secondary N) is 1. The number of carbonyl (C=O) groups is 1. The van der Waals surface area contributed by atoms with Gasteiger partial charge in [0.25, 0.3) is 0 Å². The molecule has 2 aliphatic heterocycles. The van der Waals surface area contributed by atoms with Crippen molar-refractivity contribution in [3.8, 4) is 0 Å². The average Bonchev–Trinajstić information content (AvgIpc) is 3.33. The van der Waals surface area contributed by atoms with E-state index in [0.717, 1.165) is 31.0 Å². The van der Waals surface area contributed by atoms with E-state index in [1.54, 1.807) is 15.9 Å². The van der Waals surface area contributed by atoms with Crippen molar-refractivity contribution in [1.29, 1.82) is 0 Å². The molecule has 2 aromatic rings. The molecule has 0 radical (unpaired) electrons. The first-order valence-electron chi connectivity index (χ1n) is 10.8. The number of urea groups is 1. The van der Waals surface area contributed by atoms with Gasteiger partial charge in [0.05, 0.1) is 24.0 Å². The van der Waals surface area contributed by atoms with E-state index in [9.17, 15) is 22.4 Å². The van der Waals surface area contributed by atoms with Crippen LogP contribution in [0.3, 0.4) is 0 Å². The van der Waals surface area contributed by atoms with Gasteiger partial charge in [0, 0.05) is 36.7 Å². The van der Waals surface area contributed by atoms with Crippen molar-refractivity contribution in [2.45, 2.75) is 50.2 Å². The first-order valence-corrected chi connectivity index (χ1v) is 10.8. The molecule has 2 amide bonds. The number of hydrogen-bond donors (Lipinski definition) is 1. The molecule has 2 aromatic heterocycles. The molecule has 5 rings (SSSR count). The van der Waals surface area contributed by atoms with Crippen LogP contribution >= 0.6 is 0 Å². The van der Waals surface area contributed by atoms with Crippen molar-refractivity contribution >= 4 is 23.4 Å². The zero-order valence-electron chi connectivity index (χ0n) is 17.3. The number of amides is 2. The highest BCUT2D eigenvalue weighted by Gasteiger charge is 2.46. The summed E-state index contributed by atoms with van der Waals surface area (Å²) in [6, 6.07) is 4.34. The topological polar surface area (TPSA) is 61.4 Å². The molecule has 32 heavy (non-hydrogen) atoms. The van der Waals surface area contributed by atoms with Crippen molar-refractivity contribution in [3.05, 3.63) is 42.0 Å². The van der Waals surface area contributed by atoms with Crippen LogP contribution in [0.1, 0.15) is 43.6 Å². The van der Waals surface area contributed by atoms with Gasteiger partial charge in [-0.05, 0) is 31.7 Å². The number of hydrogen-bond acceptors (Lipinski definition) is 4. The molecule has 1 saturated heterocycles. The van der Waals surface area contributed by atoms with Crippen molar-refractivity contribution in [2.24, 2.45) is 5.92 Å². The fourth-order valence-corrected chi connectivity index (χ4v) is 5.24. The van der Waals surface area contributed by atoms with Gasteiger partial charge in [-0.15, -0.1) is 0 Å². The van der Waals surface area contributed by atoms with Crippen molar-refractivity contribution in [2.75, 3.05) is 28.2 Å². The summed E-state index contributed by atoms with van der Waals surface area (Å²) in [6.07, 6.45) is 1.43. The Morgan fingerprint density at radius 3 is 2.75 bits per heavy atom. The monoisotopic (exact) mass is 449 g/mol.